The van der Waals surface area contributed by atoms with Crippen molar-refractivity contribution in [3.8, 4) is 11.6 Å². The lowest BCUT2D eigenvalue weighted by Gasteiger charge is -2.12. The quantitative estimate of drug-likeness (QED) is 0.520. The van der Waals surface area contributed by atoms with Gasteiger partial charge < -0.3 is 19.8 Å². The Hall–Kier alpha value is -2.97. The molecular weight excluding hydrogens is 358 g/mol. The molecule has 0 saturated carbocycles. The van der Waals surface area contributed by atoms with Crippen molar-refractivity contribution in [2.45, 2.75) is 33.0 Å². The van der Waals surface area contributed by atoms with E-state index in [0.29, 0.717) is 43.6 Å². The van der Waals surface area contributed by atoms with E-state index < -0.39 is 11.9 Å². The Morgan fingerprint density at radius 1 is 1.21 bits per heavy atom. The number of nitrogens with zero attached hydrogens (tertiary/aromatic N) is 3. The standard InChI is InChI=1S/C20H25N5O3/c1-3-27-12-11-25-17(13-22-14(2)19(21)26)23-16-9-10-18(24-20(16)25)28-15-7-5-4-6-8-15/h4-10,14,22H,3,11-13H2,1-2H3,(H2,21,26). The summed E-state index contributed by atoms with van der Waals surface area (Å²) in [4.78, 5) is 20.6. The molecule has 0 radical (unpaired) electrons. The minimum atomic E-state index is -0.454. The van der Waals surface area contributed by atoms with Crippen LogP contribution in [-0.4, -0.2) is 39.7 Å². The van der Waals surface area contributed by atoms with E-state index in [2.05, 4.69) is 15.3 Å². The number of carbonyl (C=O) groups excluding carboxylic acids is 1. The Kier molecular flexibility index (Phi) is 6.57. The normalized spacial score (nSPS) is 12.2. The van der Waals surface area contributed by atoms with Crippen molar-refractivity contribution in [2.75, 3.05) is 13.2 Å². The van der Waals surface area contributed by atoms with Crippen molar-refractivity contribution in [3.05, 3.63) is 48.3 Å². The highest BCUT2D eigenvalue weighted by molar-refractivity contribution is 5.79. The summed E-state index contributed by atoms with van der Waals surface area (Å²) in [5.74, 6) is 1.55. The molecule has 0 aliphatic rings. The predicted octanol–water partition coefficient (Wildman–Crippen LogP) is 2.22. The molecule has 0 aliphatic carbocycles. The summed E-state index contributed by atoms with van der Waals surface area (Å²) in [5.41, 5.74) is 6.78. The predicted molar refractivity (Wildman–Crippen MR) is 106 cm³/mol. The van der Waals surface area contributed by atoms with Gasteiger partial charge in [0.2, 0.25) is 11.8 Å². The van der Waals surface area contributed by atoms with Gasteiger partial charge in [-0.3, -0.25) is 10.1 Å². The van der Waals surface area contributed by atoms with Crippen molar-refractivity contribution < 1.29 is 14.3 Å². The third-order valence-electron chi connectivity index (χ3n) is 4.27. The summed E-state index contributed by atoms with van der Waals surface area (Å²) in [7, 11) is 0. The molecule has 0 spiro atoms. The molecule has 28 heavy (non-hydrogen) atoms. The van der Waals surface area contributed by atoms with E-state index in [1.807, 2.05) is 47.9 Å². The average Bonchev–Trinajstić information content (AvgIpc) is 3.04. The fourth-order valence-corrected chi connectivity index (χ4v) is 2.71. The zero-order valence-electron chi connectivity index (χ0n) is 16.1. The lowest BCUT2D eigenvalue weighted by molar-refractivity contribution is -0.119. The molecule has 3 N–H and O–H groups in total. The summed E-state index contributed by atoms with van der Waals surface area (Å²) < 4.78 is 13.3. The second-order valence-corrected chi connectivity index (χ2v) is 6.29. The van der Waals surface area contributed by atoms with Crippen LogP contribution >= 0.6 is 0 Å². The van der Waals surface area contributed by atoms with Crippen LogP contribution in [0.5, 0.6) is 11.6 Å². The van der Waals surface area contributed by atoms with Crippen molar-refractivity contribution in [2.24, 2.45) is 5.73 Å². The van der Waals surface area contributed by atoms with E-state index >= 15 is 0 Å². The number of amides is 1. The SMILES string of the molecule is CCOCCn1c(CNC(C)C(N)=O)nc2ccc(Oc3ccccc3)nc21. The Morgan fingerprint density at radius 2 is 2.00 bits per heavy atom. The summed E-state index contributed by atoms with van der Waals surface area (Å²) in [6, 6.07) is 12.7. The maximum atomic E-state index is 11.3. The van der Waals surface area contributed by atoms with Gasteiger partial charge in [-0.05, 0) is 32.0 Å². The monoisotopic (exact) mass is 383 g/mol. The molecule has 1 aromatic carbocycles. The number of para-hydroxylation sites is 1. The van der Waals surface area contributed by atoms with E-state index in [9.17, 15) is 4.79 Å². The second kappa shape index (κ2) is 9.29. The summed E-state index contributed by atoms with van der Waals surface area (Å²) in [5, 5.41) is 3.09. The van der Waals surface area contributed by atoms with Crippen molar-refractivity contribution in [1.29, 1.82) is 0 Å². The van der Waals surface area contributed by atoms with Crippen LogP contribution in [0.15, 0.2) is 42.5 Å². The number of pyridine rings is 1. The second-order valence-electron chi connectivity index (χ2n) is 6.29. The summed E-state index contributed by atoms with van der Waals surface area (Å²) in [6.45, 7) is 5.82. The fraction of sp³-hybridized carbons (Fsp3) is 0.350. The molecule has 8 heteroatoms. The minimum absolute atomic E-state index is 0.390. The summed E-state index contributed by atoms with van der Waals surface area (Å²) >= 11 is 0. The summed E-state index contributed by atoms with van der Waals surface area (Å²) in [6.07, 6.45) is 0. The minimum Gasteiger partial charge on any atom is -0.439 e. The van der Waals surface area contributed by atoms with E-state index in [0.717, 1.165) is 11.3 Å². The number of hydrogen-bond donors (Lipinski definition) is 2. The molecule has 0 aliphatic heterocycles. The number of aromatic nitrogens is 3. The molecular formula is C20H25N5O3. The molecule has 0 fully saturated rings. The maximum Gasteiger partial charge on any atom is 0.234 e. The molecule has 3 rings (SSSR count). The van der Waals surface area contributed by atoms with Crippen LogP contribution in [0.25, 0.3) is 11.2 Å². The van der Waals surface area contributed by atoms with Crippen molar-refractivity contribution in [3.63, 3.8) is 0 Å². The van der Waals surface area contributed by atoms with E-state index in [1.54, 1.807) is 13.0 Å². The van der Waals surface area contributed by atoms with Gasteiger partial charge >= 0.3 is 0 Å². The lowest BCUT2D eigenvalue weighted by Crippen LogP contribution is -2.38. The van der Waals surface area contributed by atoms with Crippen molar-refractivity contribution >= 4 is 17.1 Å². The number of carbonyl (C=O) groups is 1. The average molecular weight is 383 g/mol. The third-order valence-corrected chi connectivity index (χ3v) is 4.27. The Labute approximate surface area is 163 Å². The van der Waals surface area contributed by atoms with Gasteiger partial charge in [-0.2, -0.15) is 4.98 Å². The number of fused-ring (bicyclic) bond motifs is 1. The third kappa shape index (κ3) is 4.85. The molecule has 0 bridgehead atoms. The van der Waals surface area contributed by atoms with Crippen LogP contribution in [0.1, 0.15) is 19.7 Å². The molecule has 0 saturated heterocycles. The first-order valence-electron chi connectivity index (χ1n) is 9.28. The number of rotatable bonds is 10. The molecule has 1 atom stereocenters. The lowest BCUT2D eigenvalue weighted by atomic mass is 10.3. The van der Waals surface area contributed by atoms with Gasteiger partial charge in [0, 0.05) is 19.2 Å². The van der Waals surface area contributed by atoms with Crippen LogP contribution in [0, 0.1) is 0 Å². The van der Waals surface area contributed by atoms with E-state index in [4.69, 9.17) is 15.2 Å². The van der Waals surface area contributed by atoms with Crippen molar-refractivity contribution in [1.82, 2.24) is 19.9 Å². The molecule has 8 nitrogen and oxygen atoms in total. The van der Waals surface area contributed by atoms with Crippen LogP contribution in [0.4, 0.5) is 0 Å². The first kappa shape index (κ1) is 19.8. The molecule has 148 valence electrons. The highest BCUT2D eigenvalue weighted by atomic mass is 16.5. The highest BCUT2D eigenvalue weighted by Gasteiger charge is 2.15. The smallest absolute Gasteiger partial charge is 0.234 e. The molecule has 1 unspecified atom stereocenters. The van der Waals surface area contributed by atoms with Gasteiger partial charge in [0.15, 0.2) is 5.65 Å². The molecule has 2 aromatic heterocycles. The number of nitrogens with one attached hydrogen (secondary N) is 1. The first-order chi connectivity index (χ1) is 13.6. The number of imidazole rings is 1. The van der Waals surface area contributed by atoms with Gasteiger partial charge in [-0.15, -0.1) is 0 Å². The topological polar surface area (TPSA) is 104 Å². The zero-order valence-corrected chi connectivity index (χ0v) is 16.1. The number of nitrogens with two attached hydrogens (primary N) is 1. The Morgan fingerprint density at radius 3 is 2.71 bits per heavy atom. The van der Waals surface area contributed by atoms with Crippen LogP contribution in [0.3, 0.4) is 0 Å². The zero-order chi connectivity index (χ0) is 19.9. The first-order valence-corrected chi connectivity index (χ1v) is 9.28. The van der Waals surface area contributed by atoms with Crippen LogP contribution in [-0.2, 0) is 22.6 Å². The van der Waals surface area contributed by atoms with E-state index in [1.165, 1.54) is 0 Å². The Bertz CT molecular complexity index is 926. The number of primary amides is 1. The van der Waals surface area contributed by atoms with E-state index in [-0.39, 0.29) is 0 Å². The van der Waals surface area contributed by atoms with Gasteiger partial charge in [-0.25, -0.2) is 4.98 Å². The van der Waals surface area contributed by atoms with Crippen LogP contribution in [0.2, 0.25) is 0 Å². The fourth-order valence-electron chi connectivity index (χ4n) is 2.71. The number of ether oxygens (including phenoxy) is 2. The maximum absolute atomic E-state index is 11.3. The number of benzene rings is 1. The highest BCUT2D eigenvalue weighted by Crippen LogP contribution is 2.23. The van der Waals surface area contributed by atoms with Gasteiger partial charge in [0.05, 0.1) is 19.2 Å². The molecule has 3 aromatic rings. The molecule has 1 amide bonds. The number of hydrogen-bond acceptors (Lipinski definition) is 6. The van der Waals surface area contributed by atoms with Crippen LogP contribution < -0.4 is 15.8 Å². The van der Waals surface area contributed by atoms with Gasteiger partial charge in [0.25, 0.3) is 0 Å². The van der Waals surface area contributed by atoms with Gasteiger partial charge in [-0.1, -0.05) is 18.2 Å². The molecule has 2 heterocycles. The Balaban J connectivity index is 1.88. The van der Waals surface area contributed by atoms with Gasteiger partial charge in [0.1, 0.15) is 17.1 Å². The largest absolute Gasteiger partial charge is 0.439 e.